The highest BCUT2D eigenvalue weighted by molar-refractivity contribution is 8.76. The number of aromatic nitrogens is 2. The van der Waals surface area contributed by atoms with Crippen LogP contribution in [0.3, 0.4) is 0 Å². The number of ketones is 1. The fourth-order valence-electron chi connectivity index (χ4n) is 4.93. The summed E-state index contributed by atoms with van der Waals surface area (Å²) in [5, 5.41) is 10.1. The van der Waals surface area contributed by atoms with E-state index in [0.717, 1.165) is 25.7 Å². The number of esters is 1. The van der Waals surface area contributed by atoms with Crippen LogP contribution in [-0.4, -0.2) is 80.9 Å². The molecule has 41 heavy (non-hydrogen) atoms. The van der Waals surface area contributed by atoms with Crippen molar-refractivity contribution in [3.63, 3.8) is 0 Å². The molecule has 1 aromatic heterocycles. The normalized spacial score (nSPS) is 22.5. The van der Waals surface area contributed by atoms with Gasteiger partial charge in [0.1, 0.15) is 23.7 Å². The molecule has 3 unspecified atom stereocenters. The predicted molar refractivity (Wildman–Crippen MR) is 167 cm³/mol. The van der Waals surface area contributed by atoms with Crippen molar-refractivity contribution in [1.82, 2.24) is 9.55 Å². The van der Waals surface area contributed by atoms with E-state index in [9.17, 15) is 24.3 Å². The molecule has 3 rings (SSSR count). The smallest absolute Gasteiger partial charge is 0.330 e. The lowest BCUT2D eigenvalue weighted by atomic mass is 9.78. The van der Waals surface area contributed by atoms with Gasteiger partial charge in [-0.3, -0.25) is 23.9 Å². The lowest BCUT2D eigenvalue weighted by Gasteiger charge is -2.38. The van der Waals surface area contributed by atoms with Gasteiger partial charge in [0.25, 0.3) is 5.56 Å². The molecular weight excluding hydrogens is 609 g/mol. The minimum Gasteiger partial charge on any atom is -0.452 e. The van der Waals surface area contributed by atoms with Crippen LogP contribution in [0.15, 0.2) is 15.8 Å². The molecule has 4 atom stereocenters. The van der Waals surface area contributed by atoms with Crippen LogP contribution in [-0.2, 0) is 23.8 Å². The molecule has 0 aromatic carbocycles. The van der Waals surface area contributed by atoms with E-state index >= 15 is 0 Å². The summed E-state index contributed by atoms with van der Waals surface area (Å²) in [5.41, 5.74) is -1.35. The average Bonchev–Trinajstić information content (AvgIpc) is 3.30. The summed E-state index contributed by atoms with van der Waals surface area (Å²) in [6.45, 7) is -0.0439. The number of hydrogen-bond donors (Lipinski definition) is 4. The summed E-state index contributed by atoms with van der Waals surface area (Å²) < 4.78 is 16.7. The number of H-pyrrole nitrogens is 1. The Morgan fingerprint density at radius 3 is 2.76 bits per heavy atom. The van der Waals surface area contributed by atoms with Crippen molar-refractivity contribution < 1.29 is 28.9 Å². The Balaban J connectivity index is 1.36. The second kappa shape index (κ2) is 17.1. The molecule has 1 aliphatic heterocycles. The maximum atomic E-state index is 12.8. The van der Waals surface area contributed by atoms with Gasteiger partial charge in [-0.2, -0.15) is 25.3 Å². The first-order valence-electron chi connectivity index (χ1n) is 13.6. The second-order valence-corrected chi connectivity index (χ2v) is 14.0. The van der Waals surface area contributed by atoms with Crippen molar-refractivity contribution in [2.45, 2.75) is 74.5 Å². The summed E-state index contributed by atoms with van der Waals surface area (Å²) in [4.78, 5) is 51.4. The maximum Gasteiger partial charge on any atom is 0.330 e. The van der Waals surface area contributed by atoms with Gasteiger partial charge in [-0.05, 0) is 19.3 Å². The fourth-order valence-corrected chi connectivity index (χ4v) is 8.26. The van der Waals surface area contributed by atoms with E-state index in [1.165, 1.54) is 35.1 Å². The summed E-state index contributed by atoms with van der Waals surface area (Å²) in [5.74, 6) is 6.46. The minimum atomic E-state index is -0.815. The van der Waals surface area contributed by atoms with Crippen LogP contribution in [0.1, 0.15) is 63.2 Å². The fraction of sp³-hybridized carbons (Fsp3) is 0.704. The number of ether oxygens (including phenoxy) is 3. The third-order valence-electron chi connectivity index (χ3n) is 7.17. The number of nitrogens with zero attached hydrogens (tertiary/aromatic N) is 1. The highest BCUT2D eigenvalue weighted by atomic mass is 33.1. The van der Waals surface area contributed by atoms with Gasteiger partial charge in [0.05, 0.1) is 18.5 Å². The van der Waals surface area contributed by atoms with Gasteiger partial charge >= 0.3 is 11.7 Å². The topological polar surface area (TPSA) is 137 Å². The number of aliphatic hydroxyl groups excluding tert-OH is 1. The summed E-state index contributed by atoms with van der Waals surface area (Å²) in [7, 11) is 4.52. The zero-order valence-corrected chi connectivity index (χ0v) is 26.5. The summed E-state index contributed by atoms with van der Waals surface area (Å²) in [6.07, 6.45) is 5.36. The van der Waals surface area contributed by atoms with Crippen LogP contribution >= 0.6 is 46.8 Å². The first kappa shape index (κ1) is 34.2. The van der Waals surface area contributed by atoms with Crippen molar-refractivity contribution in [3.8, 4) is 11.8 Å². The molecule has 1 saturated heterocycles. The number of carbonyl (C=O) groups is 2. The standard InChI is InChI=1S/C27H38N2O8S4/c1-35-15-22-20(30)13-23(37-22)29-14-18(25(33)28-26(29)34)7-5-11-36-24(32)8-6-12-40-41-17-21(31)19(16-38)27(39)9-3-2-4-10-27/h14,19-20,22-23,30,38-39H,2-4,6,8-13,15-17H2,1H3,(H,28,33,34)/t19-,20?,22?,23?/m0/s1. The average molecular weight is 647 g/mol. The molecule has 0 spiro atoms. The van der Waals surface area contributed by atoms with Crippen molar-refractivity contribution in [3.05, 3.63) is 32.6 Å². The molecule has 10 nitrogen and oxygen atoms in total. The zero-order chi connectivity index (χ0) is 29.8. The van der Waals surface area contributed by atoms with E-state index in [2.05, 4.69) is 29.5 Å². The Bertz CT molecular complexity index is 1200. The molecular formula is C27H38N2O8S4. The van der Waals surface area contributed by atoms with Gasteiger partial charge in [0, 0.05) is 48.3 Å². The van der Waals surface area contributed by atoms with E-state index in [4.69, 9.17) is 26.8 Å². The number of Topliss-reactive ketones (excluding diaryl/α,β-unsaturated/α-hetero) is 1. The number of aliphatic hydroxyl groups is 1. The van der Waals surface area contributed by atoms with E-state index in [1.807, 2.05) is 0 Å². The number of nitrogens with one attached hydrogen (secondary N) is 1. The Labute approximate surface area is 258 Å². The highest BCUT2D eigenvalue weighted by Gasteiger charge is 2.39. The molecule has 1 saturated carbocycles. The molecule has 0 bridgehead atoms. The monoisotopic (exact) mass is 646 g/mol. The van der Waals surface area contributed by atoms with Crippen molar-refractivity contribution in [2.75, 3.05) is 37.6 Å². The van der Waals surface area contributed by atoms with Gasteiger partial charge in [0.2, 0.25) is 0 Å². The van der Waals surface area contributed by atoms with Gasteiger partial charge in [-0.25, -0.2) is 4.79 Å². The first-order valence-corrected chi connectivity index (χ1v) is 17.2. The molecule has 1 aromatic rings. The van der Waals surface area contributed by atoms with Crippen molar-refractivity contribution in [2.24, 2.45) is 5.92 Å². The van der Waals surface area contributed by atoms with Gasteiger partial charge < -0.3 is 19.3 Å². The second-order valence-electron chi connectivity index (χ2n) is 10.1. The number of methoxy groups -OCH3 is 1. The van der Waals surface area contributed by atoms with E-state index in [0.29, 0.717) is 23.7 Å². The number of hydrogen-bond acceptors (Lipinski definition) is 12. The van der Waals surface area contributed by atoms with Gasteiger partial charge in [-0.1, -0.05) is 52.7 Å². The van der Waals surface area contributed by atoms with Crippen LogP contribution in [0.2, 0.25) is 0 Å². The first-order chi connectivity index (χ1) is 19.7. The molecule has 2 heterocycles. The molecule has 1 aliphatic carbocycles. The van der Waals surface area contributed by atoms with E-state index in [1.54, 1.807) is 10.8 Å². The zero-order valence-electron chi connectivity index (χ0n) is 23.0. The molecule has 228 valence electrons. The van der Waals surface area contributed by atoms with Crippen LogP contribution in [0.25, 0.3) is 0 Å². The quantitative estimate of drug-likeness (QED) is 0.0785. The Morgan fingerprint density at radius 1 is 1.29 bits per heavy atom. The molecule has 2 fully saturated rings. The third-order valence-corrected chi connectivity index (χ3v) is 10.7. The Hall–Kier alpha value is -1.34. The predicted octanol–water partition coefficient (Wildman–Crippen LogP) is 2.64. The summed E-state index contributed by atoms with van der Waals surface area (Å²) in [6, 6.07) is 0. The van der Waals surface area contributed by atoms with E-state index < -0.39 is 35.7 Å². The molecule has 0 amide bonds. The maximum absolute atomic E-state index is 12.8. The van der Waals surface area contributed by atoms with Crippen LogP contribution in [0.5, 0.6) is 0 Å². The molecule has 14 heteroatoms. The lowest BCUT2D eigenvalue weighted by Crippen LogP contribution is -2.41. The van der Waals surface area contributed by atoms with Crippen molar-refractivity contribution in [1.29, 1.82) is 0 Å². The van der Waals surface area contributed by atoms with Crippen LogP contribution < -0.4 is 11.2 Å². The van der Waals surface area contributed by atoms with Crippen molar-refractivity contribution >= 4 is 58.6 Å². The Kier molecular flexibility index (Phi) is 14.2. The SMILES string of the molecule is COCC1OC(n2cc(C#CCOC(=O)CCCSSCC(=O)[C@H](CS)C3(S)CCCCC3)c(=O)[nH]c2=O)CC1O. The molecule has 2 N–H and O–H groups in total. The number of thiol groups is 2. The largest absolute Gasteiger partial charge is 0.452 e. The van der Waals surface area contributed by atoms with Gasteiger partial charge in [0.15, 0.2) is 6.61 Å². The van der Waals surface area contributed by atoms with Crippen LogP contribution in [0.4, 0.5) is 0 Å². The van der Waals surface area contributed by atoms with Gasteiger partial charge in [-0.15, -0.1) is 0 Å². The third kappa shape index (κ3) is 10.1. The van der Waals surface area contributed by atoms with E-state index in [-0.39, 0.29) is 48.1 Å². The van der Waals surface area contributed by atoms with Crippen LogP contribution in [0, 0.1) is 17.8 Å². The number of rotatable bonds is 14. The number of aromatic amines is 1. The molecule has 2 aliphatic rings. The summed E-state index contributed by atoms with van der Waals surface area (Å²) >= 11 is 9.30. The minimum absolute atomic E-state index is 0.00406. The molecule has 0 radical (unpaired) electrons. The Morgan fingerprint density at radius 2 is 2.05 bits per heavy atom. The number of carbonyl (C=O) groups excluding carboxylic acids is 2. The highest BCUT2D eigenvalue weighted by Crippen LogP contribution is 2.41. The lowest BCUT2D eigenvalue weighted by molar-refractivity contribution is -0.142.